The minimum atomic E-state index is -5.80. The predicted octanol–water partition coefficient (Wildman–Crippen LogP) is 10.5. The van der Waals surface area contributed by atoms with Crippen molar-refractivity contribution in [2.24, 2.45) is 0 Å². The molecule has 20 heteroatoms. The summed E-state index contributed by atoms with van der Waals surface area (Å²) < 4.78 is 196. The van der Waals surface area contributed by atoms with Gasteiger partial charge in [0, 0.05) is 33.4 Å². The van der Waals surface area contributed by atoms with Crippen LogP contribution in [0.1, 0.15) is 55.6 Å². The summed E-state index contributed by atoms with van der Waals surface area (Å²) in [5.74, 6) is -5.55. The molecule has 5 rings (SSSR count). The standard InChI is InChI=1S/C36H6F14N6/c37-31-23(33(39,40)41)1-13(2-24(31)34(42,43)44)27-21(11-55)17-5-18-20(6-19(17)29(27)15(7-51)8-52)30(16(9-53)10-54)28(22(18)12-56)14-3-25(35(45,46)47)32(38)26(4-14)36(48,49)50/h1-6H. The number of alkyl halides is 12. The van der Waals surface area contributed by atoms with E-state index in [1.807, 2.05) is 0 Å². The van der Waals surface area contributed by atoms with Crippen LogP contribution in [0.3, 0.4) is 0 Å². The van der Waals surface area contributed by atoms with Crippen LogP contribution < -0.4 is 0 Å². The van der Waals surface area contributed by atoms with Gasteiger partial charge in [0.25, 0.3) is 0 Å². The van der Waals surface area contributed by atoms with Crippen molar-refractivity contribution in [2.45, 2.75) is 24.7 Å². The molecule has 0 radical (unpaired) electrons. The van der Waals surface area contributed by atoms with Crippen molar-refractivity contribution in [3.05, 3.63) is 115 Å². The molecule has 0 aromatic heterocycles. The van der Waals surface area contributed by atoms with Gasteiger partial charge < -0.3 is 0 Å². The first kappa shape index (κ1) is 39.8. The van der Waals surface area contributed by atoms with Crippen LogP contribution in [-0.2, 0) is 24.7 Å². The van der Waals surface area contributed by atoms with Gasteiger partial charge in [-0.25, -0.2) is 8.78 Å². The first-order valence-electron chi connectivity index (χ1n) is 14.5. The molecular formula is C36H6F14N6. The lowest BCUT2D eigenvalue weighted by Gasteiger charge is -2.18. The molecular weight excluding hydrogens is 782 g/mol. The van der Waals surface area contributed by atoms with Crippen LogP contribution in [0.4, 0.5) is 61.5 Å². The predicted molar refractivity (Wildman–Crippen MR) is 160 cm³/mol. The Labute approximate surface area is 302 Å². The van der Waals surface area contributed by atoms with E-state index in [2.05, 4.69) is 0 Å². The van der Waals surface area contributed by atoms with Crippen LogP contribution in [0, 0.1) is 79.6 Å². The highest BCUT2D eigenvalue weighted by molar-refractivity contribution is 6.30. The Morgan fingerprint density at radius 2 is 0.643 bits per heavy atom. The lowest BCUT2D eigenvalue weighted by molar-refractivity contribution is -0.149. The summed E-state index contributed by atoms with van der Waals surface area (Å²) >= 11 is 0. The minimum Gasteiger partial charge on any atom is -0.206 e. The highest BCUT2D eigenvalue weighted by Gasteiger charge is 2.46. The Hall–Kier alpha value is -7.42. The van der Waals surface area contributed by atoms with Crippen molar-refractivity contribution in [3.63, 3.8) is 0 Å². The number of rotatable bonds is 2. The lowest BCUT2D eigenvalue weighted by Crippen LogP contribution is -2.16. The van der Waals surface area contributed by atoms with E-state index in [0.29, 0.717) is 0 Å². The number of halogens is 14. The number of nitrogens with zero attached hydrogens (tertiary/aromatic N) is 6. The summed E-state index contributed by atoms with van der Waals surface area (Å²) in [5.41, 5.74) is -22.7. The number of nitriles is 6. The molecule has 3 aromatic carbocycles. The lowest BCUT2D eigenvalue weighted by atomic mass is 9.88. The molecule has 278 valence electrons. The highest BCUT2D eigenvalue weighted by atomic mass is 19.4. The molecule has 0 aliphatic heterocycles. The molecule has 56 heavy (non-hydrogen) atoms. The van der Waals surface area contributed by atoms with Crippen molar-refractivity contribution < 1.29 is 61.5 Å². The van der Waals surface area contributed by atoms with E-state index in [1.165, 1.54) is 36.4 Å². The van der Waals surface area contributed by atoms with E-state index in [-0.39, 0.29) is 24.3 Å². The van der Waals surface area contributed by atoms with E-state index in [9.17, 15) is 93.0 Å². The zero-order chi connectivity index (χ0) is 42.0. The van der Waals surface area contributed by atoms with Gasteiger partial charge in [-0.15, -0.1) is 0 Å². The van der Waals surface area contributed by atoms with E-state index in [1.54, 1.807) is 0 Å². The Kier molecular flexibility index (Phi) is 9.35. The number of benzene rings is 3. The van der Waals surface area contributed by atoms with Gasteiger partial charge in [-0.2, -0.15) is 84.3 Å². The number of hydrogen-bond acceptors (Lipinski definition) is 6. The summed E-state index contributed by atoms with van der Waals surface area (Å²) in [6.07, 6.45) is -23.2. The third kappa shape index (κ3) is 6.24. The second kappa shape index (κ2) is 13.2. The molecule has 2 aliphatic carbocycles. The van der Waals surface area contributed by atoms with Crippen molar-refractivity contribution >= 4 is 33.4 Å². The average molecular weight is 788 g/mol. The first-order chi connectivity index (χ1) is 25.9. The fourth-order valence-corrected chi connectivity index (χ4v) is 6.18. The van der Waals surface area contributed by atoms with Crippen LogP contribution in [0.2, 0.25) is 0 Å². The zero-order valence-electron chi connectivity index (χ0n) is 26.4. The fraction of sp³-hybridized carbons (Fsp3) is 0.111. The molecule has 0 N–H and O–H groups in total. The SMILES string of the molecule is N#CC(C#N)=C1C(c2cc(C(F)(F)F)c(F)c(C(F)(F)F)c2)=C(C#N)c2cc3c(cc21)C(=C(C#N)C#N)C(c1cc(C(F)(F)F)c(F)c(C(F)(F)F)c1)=C3C#N. The van der Waals surface area contributed by atoms with Gasteiger partial charge in [0.15, 0.2) is 0 Å². The molecule has 0 fully saturated rings. The summed E-state index contributed by atoms with van der Waals surface area (Å²) in [6, 6.07) is 9.14. The second-order valence-electron chi connectivity index (χ2n) is 11.4. The Morgan fingerprint density at radius 3 is 0.857 bits per heavy atom. The average Bonchev–Trinajstić information content (AvgIpc) is 3.58. The van der Waals surface area contributed by atoms with Gasteiger partial charge in [0.2, 0.25) is 0 Å². The van der Waals surface area contributed by atoms with Gasteiger partial charge in [0.05, 0.1) is 33.4 Å². The second-order valence-corrected chi connectivity index (χ2v) is 11.4. The van der Waals surface area contributed by atoms with E-state index >= 15 is 0 Å². The third-order valence-electron chi connectivity index (χ3n) is 8.35. The Balaban J connectivity index is 2.00. The zero-order valence-corrected chi connectivity index (χ0v) is 26.4. The maximum absolute atomic E-state index is 14.7. The summed E-state index contributed by atoms with van der Waals surface area (Å²) in [4.78, 5) is 0. The van der Waals surface area contributed by atoms with Crippen LogP contribution in [-0.4, -0.2) is 0 Å². The van der Waals surface area contributed by atoms with Crippen molar-refractivity contribution in [1.29, 1.82) is 31.6 Å². The number of fused-ring (bicyclic) bond motifs is 2. The summed E-state index contributed by atoms with van der Waals surface area (Å²) in [7, 11) is 0. The van der Waals surface area contributed by atoms with Crippen LogP contribution in [0.15, 0.2) is 47.5 Å². The Bertz CT molecular complexity index is 2430. The fourth-order valence-electron chi connectivity index (χ4n) is 6.18. The third-order valence-corrected chi connectivity index (χ3v) is 8.35. The van der Waals surface area contributed by atoms with E-state index in [4.69, 9.17) is 0 Å². The molecule has 0 bridgehead atoms. The van der Waals surface area contributed by atoms with Crippen molar-refractivity contribution in [3.8, 4) is 36.4 Å². The number of hydrogen-bond donors (Lipinski definition) is 0. The molecule has 0 atom stereocenters. The van der Waals surface area contributed by atoms with Gasteiger partial charge >= 0.3 is 24.7 Å². The normalized spacial score (nSPS) is 13.9. The molecule has 0 spiro atoms. The maximum Gasteiger partial charge on any atom is 0.419 e. The van der Waals surface area contributed by atoms with Gasteiger partial charge in [-0.05, 0) is 58.7 Å². The summed E-state index contributed by atoms with van der Waals surface area (Å²) in [5, 5.41) is 59.7. The van der Waals surface area contributed by atoms with Gasteiger partial charge in [-0.1, -0.05) is 0 Å². The van der Waals surface area contributed by atoms with Crippen LogP contribution in [0.5, 0.6) is 0 Å². The molecule has 0 unspecified atom stereocenters. The molecule has 3 aromatic rings. The first-order valence-corrected chi connectivity index (χ1v) is 14.5. The number of allylic oxidation sites excluding steroid dienone is 8. The smallest absolute Gasteiger partial charge is 0.206 e. The monoisotopic (exact) mass is 788 g/mol. The molecule has 6 nitrogen and oxygen atoms in total. The molecule has 0 heterocycles. The Morgan fingerprint density at radius 1 is 0.393 bits per heavy atom. The molecule has 0 amide bonds. The quantitative estimate of drug-likeness (QED) is 0.187. The topological polar surface area (TPSA) is 143 Å². The minimum absolute atomic E-state index is 0.151. The van der Waals surface area contributed by atoms with E-state index in [0.717, 1.165) is 12.1 Å². The van der Waals surface area contributed by atoms with Crippen molar-refractivity contribution in [2.75, 3.05) is 0 Å². The molecule has 0 saturated heterocycles. The largest absolute Gasteiger partial charge is 0.419 e. The summed E-state index contributed by atoms with van der Waals surface area (Å²) in [6.45, 7) is 0. The van der Waals surface area contributed by atoms with E-state index < -0.39 is 137 Å². The van der Waals surface area contributed by atoms with Gasteiger partial charge in [0.1, 0.15) is 59.2 Å². The maximum atomic E-state index is 14.7. The van der Waals surface area contributed by atoms with Crippen molar-refractivity contribution in [1.82, 2.24) is 0 Å². The van der Waals surface area contributed by atoms with Gasteiger partial charge in [-0.3, -0.25) is 0 Å². The molecule has 0 saturated carbocycles. The van der Waals surface area contributed by atoms with Crippen LogP contribution >= 0.6 is 0 Å². The van der Waals surface area contributed by atoms with Crippen LogP contribution in [0.25, 0.3) is 33.4 Å². The highest BCUT2D eigenvalue weighted by Crippen LogP contribution is 2.56. The molecule has 2 aliphatic rings.